The van der Waals surface area contributed by atoms with Gasteiger partial charge in [-0.05, 0) is 31.0 Å². The molecule has 1 atom stereocenters. The normalized spacial score (nSPS) is 18.5. The van der Waals surface area contributed by atoms with Crippen molar-refractivity contribution in [3.05, 3.63) is 65.2 Å². The van der Waals surface area contributed by atoms with Gasteiger partial charge in [-0.3, -0.25) is 0 Å². The van der Waals surface area contributed by atoms with Crippen molar-refractivity contribution in [2.24, 2.45) is 0 Å². The number of hydrogen-bond donors (Lipinski definition) is 1. The molecule has 104 valence electrons. The molecule has 1 aliphatic rings. The van der Waals surface area contributed by atoms with E-state index in [1.165, 1.54) is 22.4 Å². The Labute approximate surface area is 121 Å². The molecule has 3 rings (SSSR count). The van der Waals surface area contributed by atoms with Crippen LogP contribution >= 0.6 is 0 Å². The Morgan fingerprint density at radius 3 is 2.65 bits per heavy atom. The molecule has 0 bridgehead atoms. The van der Waals surface area contributed by atoms with Crippen molar-refractivity contribution in [3.8, 4) is 0 Å². The summed E-state index contributed by atoms with van der Waals surface area (Å²) in [5.41, 5.74) is 5.45. The SMILES string of the molecule is Cc1ccc(CN2CC(C)NCc3ccccc32)cc1. The molecule has 0 amide bonds. The lowest BCUT2D eigenvalue weighted by molar-refractivity contribution is 0.552. The smallest absolute Gasteiger partial charge is 0.0430 e. The Bertz CT molecular complexity index is 574. The summed E-state index contributed by atoms with van der Waals surface area (Å²) in [6.07, 6.45) is 0. The maximum absolute atomic E-state index is 3.58. The van der Waals surface area contributed by atoms with Crippen molar-refractivity contribution in [2.45, 2.75) is 33.0 Å². The first kappa shape index (κ1) is 13.2. The minimum absolute atomic E-state index is 0.507. The van der Waals surface area contributed by atoms with Gasteiger partial charge in [0.1, 0.15) is 0 Å². The van der Waals surface area contributed by atoms with E-state index >= 15 is 0 Å². The monoisotopic (exact) mass is 266 g/mol. The molecule has 0 fully saturated rings. The molecule has 0 aromatic heterocycles. The Balaban J connectivity index is 1.88. The molecule has 0 radical (unpaired) electrons. The predicted molar refractivity (Wildman–Crippen MR) is 85.0 cm³/mol. The number of benzene rings is 2. The minimum atomic E-state index is 0.507. The summed E-state index contributed by atoms with van der Waals surface area (Å²) in [7, 11) is 0. The topological polar surface area (TPSA) is 15.3 Å². The van der Waals surface area contributed by atoms with Crippen LogP contribution in [0.15, 0.2) is 48.5 Å². The first-order chi connectivity index (χ1) is 9.72. The number of nitrogens with one attached hydrogen (secondary N) is 1. The summed E-state index contributed by atoms with van der Waals surface area (Å²) < 4.78 is 0. The summed E-state index contributed by atoms with van der Waals surface area (Å²) in [4.78, 5) is 2.49. The van der Waals surface area contributed by atoms with Crippen molar-refractivity contribution in [1.82, 2.24) is 5.32 Å². The lowest BCUT2D eigenvalue weighted by Gasteiger charge is -2.26. The highest BCUT2D eigenvalue weighted by molar-refractivity contribution is 5.55. The molecule has 1 unspecified atom stereocenters. The van der Waals surface area contributed by atoms with E-state index in [0.717, 1.165) is 19.6 Å². The maximum Gasteiger partial charge on any atom is 0.0430 e. The molecule has 20 heavy (non-hydrogen) atoms. The summed E-state index contributed by atoms with van der Waals surface area (Å²) in [6.45, 7) is 7.38. The molecule has 2 aromatic rings. The third-order valence-corrected chi connectivity index (χ3v) is 3.96. The zero-order valence-electron chi connectivity index (χ0n) is 12.3. The third kappa shape index (κ3) is 2.86. The van der Waals surface area contributed by atoms with Crippen molar-refractivity contribution < 1.29 is 0 Å². The number of hydrogen-bond acceptors (Lipinski definition) is 2. The van der Waals surface area contributed by atoms with E-state index < -0.39 is 0 Å². The van der Waals surface area contributed by atoms with Crippen LogP contribution in [-0.2, 0) is 13.1 Å². The first-order valence-electron chi connectivity index (χ1n) is 7.34. The van der Waals surface area contributed by atoms with Crippen molar-refractivity contribution >= 4 is 5.69 Å². The van der Waals surface area contributed by atoms with Crippen LogP contribution < -0.4 is 10.2 Å². The summed E-state index contributed by atoms with van der Waals surface area (Å²) >= 11 is 0. The molecule has 1 heterocycles. The van der Waals surface area contributed by atoms with Crippen LogP contribution in [0, 0.1) is 6.92 Å². The molecule has 0 saturated carbocycles. The van der Waals surface area contributed by atoms with Crippen LogP contribution in [0.5, 0.6) is 0 Å². The molecular weight excluding hydrogens is 244 g/mol. The van der Waals surface area contributed by atoms with Crippen LogP contribution in [0.4, 0.5) is 5.69 Å². The van der Waals surface area contributed by atoms with Crippen molar-refractivity contribution in [2.75, 3.05) is 11.4 Å². The molecule has 1 aliphatic heterocycles. The van der Waals surface area contributed by atoms with Gasteiger partial charge in [0.2, 0.25) is 0 Å². The van der Waals surface area contributed by atoms with Gasteiger partial charge in [-0.1, -0.05) is 48.0 Å². The van der Waals surface area contributed by atoms with Gasteiger partial charge in [0, 0.05) is 31.4 Å². The average molecular weight is 266 g/mol. The highest BCUT2D eigenvalue weighted by Crippen LogP contribution is 2.25. The van der Waals surface area contributed by atoms with E-state index in [1.54, 1.807) is 0 Å². The van der Waals surface area contributed by atoms with Gasteiger partial charge >= 0.3 is 0 Å². The van der Waals surface area contributed by atoms with Crippen molar-refractivity contribution in [1.29, 1.82) is 0 Å². The van der Waals surface area contributed by atoms with E-state index in [-0.39, 0.29) is 0 Å². The highest BCUT2D eigenvalue weighted by Gasteiger charge is 2.18. The van der Waals surface area contributed by atoms with Crippen LogP contribution in [0.25, 0.3) is 0 Å². The summed E-state index contributed by atoms with van der Waals surface area (Å²) in [5.74, 6) is 0. The second-order valence-electron chi connectivity index (χ2n) is 5.78. The molecular formula is C18H22N2. The second-order valence-corrected chi connectivity index (χ2v) is 5.78. The van der Waals surface area contributed by atoms with Crippen LogP contribution in [-0.4, -0.2) is 12.6 Å². The molecule has 2 aromatic carbocycles. The van der Waals surface area contributed by atoms with Crippen LogP contribution in [0.3, 0.4) is 0 Å². The summed E-state index contributed by atoms with van der Waals surface area (Å²) in [5, 5.41) is 3.58. The fourth-order valence-corrected chi connectivity index (χ4v) is 2.81. The largest absolute Gasteiger partial charge is 0.365 e. The van der Waals surface area contributed by atoms with Gasteiger partial charge in [0.25, 0.3) is 0 Å². The van der Waals surface area contributed by atoms with Crippen molar-refractivity contribution in [3.63, 3.8) is 0 Å². The minimum Gasteiger partial charge on any atom is -0.365 e. The number of aryl methyl sites for hydroxylation is 1. The number of fused-ring (bicyclic) bond motifs is 1. The van der Waals surface area contributed by atoms with Gasteiger partial charge in [0.05, 0.1) is 0 Å². The van der Waals surface area contributed by atoms with E-state index in [2.05, 4.69) is 72.6 Å². The Morgan fingerprint density at radius 2 is 1.85 bits per heavy atom. The highest BCUT2D eigenvalue weighted by atomic mass is 15.2. The number of para-hydroxylation sites is 1. The Morgan fingerprint density at radius 1 is 1.10 bits per heavy atom. The molecule has 0 aliphatic carbocycles. The fourth-order valence-electron chi connectivity index (χ4n) is 2.81. The van der Waals surface area contributed by atoms with E-state index in [4.69, 9.17) is 0 Å². The second kappa shape index (κ2) is 5.68. The fraction of sp³-hybridized carbons (Fsp3) is 0.333. The van der Waals surface area contributed by atoms with E-state index in [0.29, 0.717) is 6.04 Å². The average Bonchev–Trinajstić information content (AvgIpc) is 2.62. The lowest BCUT2D eigenvalue weighted by atomic mass is 10.1. The van der Waals surface area contributed by atoms with E-state index in [9.17, 15) is 0 Å². The maximum atomic E-state index is 3.58. The molecule has 0 spiro atoms. The zero-order valence-corrected chi connectivity index (χ0v) is 12.3. The molecule has 1 N–H and O–H groups in total. The van der Waals surface area contributed by atoms with E-state index in [1.807, 2.05) is 0 Å². The molecule has 0 saturated heterocycles. The molecule has 2 nitrogen and oxygen atoms in total. The number of rotatable bonds is 2. The lowest BCUT2D eigenvalue weighted by Crippen LogP contribution is -2.35. The predicted octanol–water partition coefficient (Wildman–Crippen LogP) is 3.49. The van der Waals surface area contributed by atoms with Gasteiger partial charge in [-0.2, -0.15) is 0 Å². The quantitative estimate of drug-likeness (QED) is 0.895. The standard InChI is InChI=1S/C18H22N2/c1-14-7-9-16(10-8-14)13-20-12-15(2)19-11-17-5-3-4-6-18(17)20/h3-10,15,19H,11-13H2,1-2H3. The molecule has 2 heteroatoms. The first-order valence-corrected chi connectivity index (χ1v) is 7.34. The zero-order chi connectivity index (χ0) is 13.9. The van der Waals surface area contributed by atoms with Gasteiger partial charge in [-0.25, -0.2) is 0 Å². The third-order valence-electron chi connectivity index (χ3n) is 3.96. The Kier molecular flexibility index (Phi) is 3.75. The number of nitrogens with zero attached hydrogens (tertiary/aromatic N) is 1. The van der Waals surface area contributed by atoms with Gasteiger partial charge in [0.15, 0.2) is 0 Å². The Hall–Kier alpha value is -1.80. The number of anilines is 1. The van der Waals surface area contributed by atoms with Crippen LogP contribution in [0.1, 0.15) is 23.6 Å². The van der Waals surface area contributed by atoms with Crippen LogP contribution in [0.2, 0.25) is 0 Å². The van der Waals surface area contributed by atoms with Gasteiger partial charge < -0.3 is 10.2 Å². The van der Waals surface area contributed by atoms with Gasteiger partial charge in [-0.15, -0.1) is 0 Å². The summed E-state index contributed by atoms with van der Waals surface area (Å²) in [6, 6.07) is 18.1.